The van der Waals surface area contributed by atoms with Crippen molar-refractivity contribution in [3.8, 4) is 0 Å². The first-order valence-corrected chi connectivity index (χ1v) is 9.95. The molecule has 1 amide bonds. The quantitative estimate of drug-likeness (QED) is 0.640. The maximum atomic E-state index is 11.6. The largest absolute Gasteiger partial charge is 0.444 e. The lowest BCUT2D eigenvalue weighted by molar-refractivity contribution is 0.0528. The standard InChI is InChI=1S/C22H36N2O2/c1-21(2,3)26-20(25)24-16-6-15-23-19-9-7-17(8-10-19)18-11-13-22(4,5)14-12-18/h7-10,18,23H,6,11-16H2,1-5H3,(H,24,25). The summed E-state index contributed by atoms with van der Waals surface area (Å²) in [6.45, 7) is 11.8. The summed E-state index contributed by atoms with van der Waals surface area (Å²) in [4.78, 5) is 11.6. The molecule has 0 aliphatic heterocycles. The van der Waals surface area contributed by atoms with Crippen molar-refractivity contribution in [1.82, 2.24) is 5.32 Å². The van der Waals surface area contributed by atoms with Crippen molar-refractivity contribution in [3.63, 3.8) is 0 Å². The first kappa shape index (κ1) is 20.6. The van der Waals surface area contributed by atoms with E-state index in [1.807, 2.05) is 20.8 Å². The van der Waals surface area contributed by atoms with Crippen LogP contribution in [0.15, 0.2) is 24.3 Å². The van der Waals surface area contributed by atoms with Gasteiger partial charge in [-0.15, -0.1) is 0 Å². The van der Waals surface area contributed by atoms with Gasteiger partial charge in [-0.05, 0) is 81.9 Å². The van der Waals surface area contributed by atoms with Crippen LogP contribution in [0.25, 0.3) is 0 Å². The number of ether oxygens (including phenoxy) is 1. The highest BCUT2D eigenvalue weighted by Gasteiger charge is 2.27. The molecule has 1 fully saturated rings. The smallest absolute Gasteiger partial charge is 0.407 e. The zero-order valence-electron chi connectivity index (χ0n) is 17.2. The normalized spacial score (nSPS) is 17.6. The molecule has 0 saturated heterocycles. The number of amides is 1. The molecule has 4 nitrogen and oxygen atoms in total. The van der Waals surface area contributed by atoms with Crippen molar-refractivity contribution >= 4 is 11.8 Å². The number of anilines is 1. The lowest BCUT2D eigenvalue weighted by Crippen LogP contribution is -2.33. The van der Waals surface area contributed by atoms with Crippen LogP contribution in [-0.4, -0.2) is 24.8 Å². The van der Waals surface area contributed by atoms with E-state index in [1.165, 1.54) is 31.2 Å². The maximum Gasteiger partial charge on any atom is 0.407 e. The highest BCUT2D eigenvalue weighted by Crippen LogP contribution is 2.42. The van der Waals surface area contributed by atoms with Gasteiger partial charge in [-0.3, -0.25) is 0 Å². The van der Waals surface area contributed by atoms with E-state index >= 15 is 0 Å². The maximum absolute atomic E-state index is 11.6. The zero-order chi connectivity index (χ0) is 19.2. The van der Waals surface area contributed by atoms with Crippen LogP contribution in [0.4, 0.5) is 10.5 Å². The van der Waals surface area contributed by atoms with E-state index in [-0.39, 0.29) is 6.09 Å². The summed E-state index contributed by atoms with van der Waals surface area (Å²) < 4.78 is 5.22. The lowest BCUT2D eigenvalue weighted by Gasteiger charge is -2.34. The van der Waals surface area contributed by atoms with Crippen LogP contribution < -0.4 is 10.6 Å². The average molecular weight is 361 g/mol. The molecule has 4 heteroatoms. The van der Waals surface area contributed by atoms with Crippen LogP contribution in [-0.2, 0) is 4.74 Å². The van der Waals surface area contributed by atoms with Crippen molar-refractivity contribution < 1.29 is 9.53 Å². The highest BCUT2D eigenvalue weighted by atomic mass is 16.6. The molecule has 0 spiro atoms. The minimum atomic E-state index is -0.446. The SMILES string of the molecule is CC1(C)CCC(c2ccc(NCCCNC(=O)OC(C)(C)C)cc2)CC1. The number of carbonyl (C=O) groups is 1. The molecule has 1 saturated carbocycles. The van der Waals surface area contributed by atoms with Crippen LogP contribution in [0.5, 0.6) is 0 Å². The first-order chi connectivity index (χ1) is 12.1. The minimum absolute atomic E-state index is 0.350. The third-order valence-electron chi connectivity index (χ3n) is 5.07. The molecule has 2 N–H and O–H groups in total. The Hall–Kier alpha value is -1.71. The Morgan fingerprint density at radius 3 is 2.31 bits per heavy atom. The van der Waals surface area contributed by atoms with E-state index in [1.54, 1.807) is 0 Å². The molecule has 26 heavy (non-hydrogen) atoms. The van der Waals surface area contributed by atoms with Crippen LogP contribution in [0.1, 0.15) is 78.2 Å². The fraction of sp³-hybridized carbons (Fsp3) is 0.682. The van der Waals surface area contributed by atoms with Crippen LogP contribution in [0.3, 0.4) is 0 Å². The zero-order valence-corrected chi connectivity index (χ0v) is 17.2. The molecule has 0 heterocycles. The Morgan fingerprint density at radius 2 is 1.73 bits per heavy atom. The van der Waals surface area contributed by atoms with Gasteiger partial charge in [-0.2, -0.15) is 0 Å². The Bertz CT molecular complexity index is 563. The molecule has 1 aliphatic rings. The Morgan fingerprint density at radius 1 is 1.12 bits per heavy atom. The van der Waals surface area contributed by atoms with Crippen molar-refractivity contribution in [3.05, 3.63) is 29.8 Å². The van der Waals surface area contributed by atoms with Gasteiger partial charge in [0.15, 0.2) is 0 Å². The third-order valence-corrected chi connectivity index (χ3v) is 5.07. The van der Waals surface area contributed by atoms with Gasteiger partial charge >= 0.3 is 6.09 Å². The van der Waals surface area contributed by atoms with Gasteiger partial charge in [0, 0.05) is 18.8 Å². The molecular formula is C22H36N2O2. The van der Waals surface area contributed by atoms with Gasteiger partial charge in [0.2, 0.25) is 0 Å². The molecular weight excluding hydrogens is 324 g/mol. The van der Waals surface area contributed by atoms with Crippen molar-refractivity contribution in [1.29, 1.82) is 0 Å². The second-order valence-corrected chi connectivity index (χ2v) is 9.27. The number of rotatable bonds is 6. The first-order valence-electron chi connectivity index (χ1n) is 9.95. The summed E-state index contributed by atoms with van der Waals surface area (Å²) in [6, 6.07) is 8.89. The van der Waals surface area contributed by atoms with Gasteiger partial charge in [0.05, 0.1) is 0 Å². The second-order valence-electron chi connectivity index (χ2n) is 9.27. The fourth-order valence-corrected chi connectivity index (χ4v) is 3.43. The minimum Gasteiger partial charge on any atom is -0.444 e. The molecule has 0 radical (unpaired) electrons. The number of alkyl carbamates (subject to hydrolysis) is 1. The number of benzene rings is 1. The van der Waals surface area contributed by atoms with Gasteiger partial charge in [-0.25, -0.2) is 4.79 Å². The fourth-order valence-electron chi connectivity index (χ4n) is 3.43. The summed E-state index contributed by atoms with van der Waals surface area (Å²) in [5, 5.41) is 6.20. The average Bonchev–Trinajstić information content (AvgIpc) is 2.54. The predicted octanol–water partition coefficient (Wildman–Crippen LogP) is 5.70. The molecule has 0 bridgehead atoms. The number of hydrogen-bond donors (Lipinski definition) is 2. The molecule has 1 aromatic rings. The summed E-state index contributed by atoms with van der Waals surface area (Å²) in [5.41, 5.74) is 2.68. The van der Waals surface area contributed by atoms with Gasteiger partial charge in [0.1, 0.15) is 5.60 Å². The molecule has 1 aliphatic carbocycles. The van der Waals surface area contributed by atoms with Crippen LogP contribution in [0, 0.1) is 5.41 Å². The predicted molar refractivity (Wildman–Crippen MR) is 109 cm³/mol. The second kappa shape index (κ2) is 8.79. The third kappa shape index (κ3) is 7.27. The number of nitrogens with one attached hydrogen (secondary N) is 2. The van der Waals surface area contributed by atoms with E-state index in [9.17, 15) is 4.79 Å². The summed E-state index contributed by atoms with van der Waals surface area (Å²) >= 11 is 0. The Labute approximate surface area is 159 Å². The molecule has 0 atom stereocenters. The molecule has 0 aromatic heterocycles. The van der Waals surface area contributed by atoms with E-state index in [0.717, 1.165) is 24.6 Å². The Balaban J connectivity index is 1.66. The van der Waals surface area contributed by atoms with Gasteiger partial charge in [-0.1, -0.05) is 26.0 Å². The molecule has 2 rings (SSSR count). The monoisotopic (exact) mass is 360 g/mol. The van der Waals surface area contributed by atoms with Crippen LogP contribution in [0.2, 0.25) is 0 Å². The van der Waals surface area contributed by atoms with E-state index in [0.29, 0.717) is 12.0 Å². The molecule has 146 valence electrons. The van der Waals surface area contributed by atoms with Crippen molar-refractivity contribution in [2.24, 2.45) is 5.41 Å². The van der Waals surface area contributed by atoms with Crippen molar-refractivity contribution in [2.75, 3.05) is 18.4 Å². The van der Waals surface area contributed by atoms with Gasteiger partial charge in [0.25, 0.3) is 0 Å². The van der Waals surface area contributed by atoms with Crippen LogP contribution >= 0.6 is 0 Å². The topological polar surface area (TPSA) is 50.4 Å². The van der Waals surface area contributed by atoms with Crippen molar-refractivity contribution in [2.45, 2.75) is 78.2 Å². The highest BCUT2D eigenvalue weighted by molar-refractivity contribution is 5.67. The number of hydrogen-bond acceptors (Lipinski definition) is 3. The molecule has 0 unspecified atom stereocenters. The summed E-state index contributed by atoms with van der Waals surface area (Å²) in [5.74, 6) is 0.718. The van der Waals surface area contributed by atoms with E-state index in [4.69, 9.17) is 4.74 Å². The summed E-state index contributed by atoms with van der Waals surface area (Å²) in [7, 11) is 0. The van der Waals surface area contributed by atoms with E-state index < -0.39 is 5.60 Å². The summed E-state index contributed by atoms with van der Waals surface area (Å²) in [6.07, 6.45) is 5.76. The lowest BCUT2D eigenvalue weighted by atomic mass is 9.71. The number of carbonyl (C=O) groups excluding carboxylic acids is 1. The molecule has 1 aromatic carbocycles. The van der Waals surface area contributed by atoms with Gasteiger partial charge < -0.3 is 15.4 Å². The van der Waals surface area contributed by atoms with E-state index in [2.05, 4.69) is 48.7 Å². The Kier molecular flexibility index (Phi) is 6.96.